The van der Waals surface area contributed by atoms with Crippen LogP contribution in [0.5, 0.6) is 5.75 Å². The second-order valence-electron chi connectivity index (χ2n) is 4.17. The average molecular weight is 354 g/mol. The minimum Gasteiger partial charge on any atom is -0.486 e. The molecule has 1 aliphatic heterocycles. The van der Waals surface area contributed by atoms with Crippen molar-refractivity contribution in [1.82, 2.24) is 5.32 Å². The van der Waals surface area contributed by atoms with Crippen LogP contribution in [0.25, 0.3) is 0 Å². The molecule has 2 rings (SSSR count). The second-order valence-corrected chi connectivity index (χ2v) is 5.09. The van der Waals surface area contributed by atoms with Crippen molar-refractivity contribution >= 4 is 34.2 Å². The van der Waals surface area contributed by atoms with Gasteiger partial charge in [0.25, 0.3) is 5.91 Å². The third kappa shape index (κ3) is 4.06. The molecule has 1 aromatic carbocycles. The summed E-state index contributed by atoms with van der Waals surface area (Å²) in [5.74, 6) is -0.254. The summed E-state index contributed by atoms with van der Waals surface area (Å²) in [5.41, 5.74) is 5.54. The topological polar surface area (TPSA) is 64.4 Å². The number of ether oxygens (including phenoxy) is 1. The van der Waals surface area contributed by atoms with E-state index in [9.17, 15) is 9.18 Å². The predicted octanol–water partition coefficient (Wildman–Crippen LogP) is 2.05. The number of carbonyl (C=O) groups is 1. The van der Waals surface area contributed by atoms with Crippen molar-refractivity contribution in [2.45, 2.75) is 18.7 Å². The average Bonchev–Trinajstić information content (AvgIpc) is 2.34. The Morgan fingerprint density at radius 1 is 1.53 bits per heavy atom. The summed E-state index contributed by atoms with van der Waals surface area (Å²) in [7, 11) is 0. The number of primary amides is 1. The van der Waals surface area contributed by atoms with Crippen LogP contribution in [-0.4, -0.2) is 31.3 Å². The summed E-state index contributed by atoms with van der Waals surface area (Å²) in [4.78, 5) is 11.3. The summed E-state index contributed by atoms with van der Waals surface area (Å²) in [6.45, 7) is 0.973. The van der Waals surface area contributed by atoms with Crippen LogP contribution in [0.15, 0.2) is 22.7 Å². The minimum absolute atomic E-state index is 0. The van der Waals surface area contributed by atoms with Gasteiger partial charge in [-0.05, 0) is 31.2 Å². The van der Waals surface area contributed by atoms with Crippen molar-refractivity contribution in [2.24, 2.45) is 5.73 Å². The number of nitrogens with one attached hydrogen (secondary N) is 1. The van der Waals surface area contributed by atoms with Crippen LogP contribution in [0.4, 0.5) is 4.39 Å². The maximum Gasteiger partial charge on any atom is 0.252 e. The highest BCUT2D eigenvalue weighted by Crippen LogP contribution is 2.26. The van der Waals surface area contributed by atoms with E-state index in [0.717, 1.165) is 4.47 Å². The number of nitrogens with two attached hydrogens (primary N) is 1. The summed E-state index contributed by atoms with van der Waals surface area (Å²) in [5, 5.41) is 2.94. The van der Waals surface area contributed by atoms with Gasteiger partial charge in [-0.1, -0.05) is 15.9 Å². The van der Waals surface area contributed by atoms with Gasteiger partial charge in [-0.3, -0.25) is 4.79 Å². The van der Waals surface area contributed by atoms with E-state index < -0.39 is 18.2 Å². The molecule has 1 saturated heterocycles. The van der Waals surface area contributed by atoms with E-state index in [1.54, 1.807) is 18.2 Å². The molecule has 2 atom stereocenters. The maximum atomic E-state index is 13.6. The molecule has 1 heterocycles. The summed E-state index contributed by atoms with van der Waals surface area (Å²) >= 11 is 3.25. The van der Waals surface area contributed by atoms with E-state index in [2.05, 4.69) is 21.2 Å². The van der Waals surface area contributed by atoms with E-state index in [-0.39, 0.29) is 24.5 Å². The van der Waals surface area contributed by atoms with Gasteiger partial charge >= 0.3 is 0 Å². The number of halogens is 3. The molecule has 0 unspecified atom stereocenters. The van der Waals surface area contributed by atoms with Crippen molar-refractivity contribution in [3.63, 3.8) is 0 Å². The highest BCUT2D eigenvalue weighted by Gasteiger charge is 2.27. The van der Waals surface area contributed by atoms with Crippen molar-refractivity contribution in [3.05, 3.63) is 28.2 Å². The normalized spacial score (nSPS) is 22.4. The molecule has 3 N–H and O–H groups in total. The lowest BCUT2D eigenvalue weighted by Crippen LogP contribution is -2.44. The van der Waals surface area contributed by atoms with Gasteiger partial charge in [0, 0.05) is 11.0 Å². The Hall–Kier alpha value is -0.850. The zero-order valence-electron chi connectivity index (χ0n) is 10.1. The Morgan fingerprint density at radius 2 is 2.26 bits per heavy atom. The minimum atomic E-state index is -1.08. The molecule has 0 radical (unpaired) electrons. The quantitative estimate of drug-likeness (QED) is 0.874. The number of rotatable bonds is 3. The third-order valence-corrected chi connectivity index (χ3v) is 3.33. The molecule has 19 heavy (non-hydrogen) atoms. The first-order valence-corrected chi connectivity index (χ1v) is 6.48. The van der Waals surface area contributed by atoms with Crippen LogP contribution < -0.4 is 15.8 Å². The van der Waals surface area contributed by atoms with Crippen LogP contribution in [0, 0.1) is 0 Å². The Morgan fingerprint density at radius 3 is 2.89 bits per heavy atom. The Kier molecular flexibility index (Phi) is 6.03. The summed E-state index contributed by atoms with van der Waals surface area (Å²) in [6, 6.07) is 4.93. The zero-order valence-corrected chi connectivity index (χ0v) is 12.5. The van der Waals surface area contributed by atoms with E-state index in [4.69, 9.17) is 10.5 Å². The number of hydrogen-bond donors (Lipinski definition) is 2. The third-order valence-electron chi connectivity index (χ3n) is 2.83. The molecule has 0 bridgehead atoms. The van der Waals surface area contributed by atoms with E-state index in [1.807, 2.05) is 0 Å². The van der Waals surface area contributed by atoms with Crippen LogP contribution in [0.3, 0.4) is 0 Å². The number of benzene rings is 1. The van der Waals surface area contributed by atoms with Gasteiger partial charge in [-0.15, -0.1) is 12.4 Å². The lowest BCUT2D eigenvalue weighted by atomic mass is 10.1. The Balaban J connectivity index is 0.00000180. The lowest BCUT2D eigenvalue weighted by molar-refractivity contribution is 0.0713. The number of piperidine rings is 1. The molecule has 7 heteroatoms. The van der Waals surface area contributed by atoms with Crippen molar-refractivity contribution in [2.75, 3.05) is 13.1 Å². The molecule has 106 valence electrons. The van der Waals surface area contributed by atoms with E-state index in [0.29, 0.717) is 18.7 Å². The standard InChI is InChI=1S/C12H14BrFN2O2.ClH/c13-7-1-2-10(8(5-7)12(15)17)18-11-3-4-16-6-9(11)14;/h1-2,5,9,11,16H,3-4,6H2,(H2,15,17);1H/t9-,11-;/m0./s1. The smallest absolute Gasteiger partial charge is 0.252 e. The molecule has 0 aromatic heterocycles. The molecule has 0 spiro atoms. The van der Waals surface area contributed by atoms with Gasteiger partial charge in [-0.25, -0.2) is 4.39 Å². The van der Waals surface area contributed by atoms with Gasteiger partial charge in [-0.2, -0.15) is 0 Å². The fraction of sp³-hybridized carbons (Fsp3) is 0.417. The fourth-order valence-electron chi connectivity index (χ4n) is 1.89. The first-order valence-electron chi connectivity index (χ1n) is 5.68. The Bertz CT molecular complexity index is 461. The number of carbonyl (C=O) groups excluding carboxylic acids is 1. The molecular formula is C12H15BrClFN2O2. The van der Waals surface area contributed by atoms with Gasteiger partial charge in [0.15, 0.2) is 0 Å². The van der Waals surface area contributed by atoms with Crippen LogP contribution in [0.1, 0.15) is 16.8 Å². The molecule has 1 aromatic rings. The lowest BCUT2D eigenvalue weighted by Gasteiger charge is -2.28. The SMILES string of the molecule is Cl.NC(=O)c1cc(Br)ccc1O[C@H]1CCNC[C@@H]1F. The number of alkyl halides is 1. The molecular weight excluding hydrogens is 338 g/mol. The number of hydrogen-bond acceptors (Lipinski definition) is 3. The number of amides is 1. The molecule has 1 fully saturated rings. The first-order chi connectivity index (χ1) is 8.58. The van der Waals surface area contributed by atoms with Gasteiger partial charge in [0.1, 0.15) is 18.0 Å². The van der Waals surface area contributed by atoms with Crippen molar-refractivity contribution in [1.29, 1.82) is 0 Å². The molecule has 0 aliphatic carbocycles. The van der Waals surface area contributed by atoms with Crippen LogP contribution in [-0.2, 0) is 0 Å². The van der Waals surface area contributed by atoms with Crippen molar-refractivity contribution in [3.8, 4) is 5.75 Å². The van der Waals surface area contributed by atoms with Crippen LogP contribution >= 0.6 is 28.3 Å². The second kappa shape index (κ2) is 7.07. The fourth-order valence-corrected chi connectivity index (χ4v) is 2.25. The monoisotopic (exact) mass is 352 g/mol. The molecule has 0 saturated carbocycles. The van der Waals surface area contributed by atoms with E-state index >= 15 is 0 Å². The predicted molar refractivity (Wildman–Crippen MR) is 76.7 cm³/mol. The molecule has 1 amide bonds. The largest absolute Gasteiger partial charge is 0.486 e. The molecule has 1 aliphatic rings. The van der Waals surface area contributed by atoms with Gasteiger partial charge < -0.3 is 15.8 Å². The zero-order chi connectivity index (χ0) is 13.1. The highest BCUT2D eigenvalue weighted by molar-refractivity contribution is 9.10. The first kappa shape index (κ1) is 16.2. The maximum absolute atomic E-state index is 13.6. The van der Waals surface area contributed by atoms with E-state index in [1.165, 1.54) is 0 Å². The Labute approximate surface area is 125 Å². The molecule has 4 nitrogen and oxygen atoms in total. The summed E-state index contributed by atoms with van der Waals surface area (Å²) < 4.78 is 19.9. The highest BCUT2D eigenvalue weighted by atomic mass is 79.9. The summed E-state index contributed by atoms with van der Waals surface area (Å²) in [6.07, 6.45) is -1.05. The van der Waals surface area contributed by atoms with Crippen LogP contribution in [0.2, 0.25) is 0 Å². The van der Waals surface area contributed by atoms with Gasteiger partial charge in [0.05, 0.1) is 5.56 Å². The van der Waals surface area contributed by atoms with Crippen molar-refractivity contribution < 1.29 is 13.9 Å². The van der Waals surface area contributed by atoms with Gasteiger partial charge in [0.2, 0.25) is 0 Å².